The fraction of sp³-hybridized carbons (Fsp3) is 0.471. The predicted octanol–water partition coefficient (Wildman–Crippen LogP) is 0.542. The molecule has 2 aliphatic heterocycles. The molecule has 112 valence electrons. The molecule has 2 aromatic rings. The van der Waals surface area contributed by atoms with Crippen LogP contribution in [0.2, 0.25) is 0 Å². The maximum atomic E-state index is 13.0. The van der Waals surface area contributed by atoms with Crippen LogP contribution < -0.4 is 11.4 Å². The Morgan fingerprint density at radius 2 is 1.70 bits per heavy atom. The lowest BCUT2D eigenvalue weighted by Crippen LogP contribution is -2.48. The van der Waals surface area contributed by atoms with Crippen LogP contribution in [0.15, 0.2) is 39.9 Å². The molecule has 4 saturated carbocycles. The van der Waals surface area contributed by atoms with Gasteiger partial charge in [0.1, 0.15) is 0 Å². The Hall–Kier alpha value is -2.55. The van der Waals surface area contributed by atoms with Gasteiger partial charge in [0, 0.05) is 5.92 Å². The summed E-state index contributed by atoms with van der Waals surface area (Å²) in [6.07, 6.45) is 0. The van der Waals surface area contributed by atoms with Crippen LogP contribution in [0, 0.1) is 46.3 Å². The first-order valence-electron chi connectivity index (χ1n) is 8.16. The van der Waals surface area contributed by atoms with Crippen molar-refractivity contribution in [3.63, 3.8) is 0 Å². The third-order valence-corrected chi connectivity index (χ3v) is 7.36. The van der Waals surface area contributed by atoms with E-state index < -0.39 is 0 Å². The molecule has 4 fully saturated rings. The zero-order chi connectivity index (χ0) is 15.2. The molecule has 3 heterocycles. The van der Waals surface area contributed by atoms with Gasteiger partial charge >= 0.3 is 11.4 Å². The first-order valence-corrected chi connectivity index (χ1v) is 8.16. The molecule has 0 amide bonds. The van der Waals surface area contributed by atoms with E-state index in [1.807, 2.05) is 18.2 Å². The van der Waals surface area contributed by atoms with Crippen molar-refractivity contribution in [2.24, 2.45) is 35.0 Å². The molecule has 0 radical (unpaired) electrons. The minimum absolute atomic E-state index is 0.0739. The molecule has 23 heavy (non-hydrogen) atoms. The highest BCUT2D eigenvalue weighted by molar-refractivity contribution is 5.48. The highest BCUT2D eigenvalue weighted by Crippen LogP contribution is 2.96. The third kappa shape index (κ3) is 0.792. The van der Waals surface area contributed by atoms with E-state index in [1.54, 1.807) is 21.5 Å². The van der Waals surface area contributed by atoms with E-state index in [4.69, 9.17) is 0 Å². The normalized spacial score (nSPS) is 48.0. The maximum Gasteiger partial charge on any atom is 0.352 e. The highest BCUT2D eigenvalue weighted by atomic mass is 16.2. The molecule has 0 N–H and O–H groups in total. The Bertz CT molecular complexity index is 1090. The molecule has 0 spiro atoms. The van der Waals surface area contributed by atoms with Gasteiger partial charge in [0.25, 0.3) is 0 Å². The highest BCUT2D eigenvalue weighted by Gasteiger charge is 2.97. The van der Waals surface area contributed by atoms with Gasteiger partial charge in [-0.25, -0.2) is 23.5 Å². The molecular formula is C17H12N4O2. The first-order chi connectivity index (χ1) is 11.2. The van der Waals surface area contributed by atoms with E-state index in [-0.39, 0.29) is 28.9 Å². The minimum Gasteiger partial charge on any atom is -0.245 e. The summed E-state index contributed by atoms with van der Waals surface area (Å²) < 4.78 is 4.62. The van der Waals surface area contributed by atoms with Gasteiger partial charge in [-0.3, -0.25) is 0 Å². The van der Waals surface area contributed by atoms with Crippen molar-refractivity contribution in [1.29, 1.82) is 5.26 Å². The number of nitriles is 1. The lowest BCUT2D eigenvalue weighted by atomic mass is 9.80. The standard InChI is InChI=1S/C17H12N4O2/c18-6-17-11-8-9-10(8)14(17)21-16(23)19(7-4-2-1-3-5-7)15(22)20(21)13(9)12(11)17/h1-5,8-14H/t8-,9-,10+,11+,12-,13+,14-,17-/m0/s1. The molecule has 1 aromatic carbocycles. The van der Waals surface area contributed by atoms with Crippen LogP contribution in [0.25, 0.3) is 5.69 Å². The van der Waals surface area contributed by atoms with Crippen LogP contribution in [0.4, 0.5) is 0 Å². The molecule has 4 aliphatic carbocycles. The summed E-state index contributed by atoms with van der Waals surface area (Å²) in [4.78, 5) is 26.0. The van der Waals surface area contributed by atoms with E-state index in [2.05, 4.69) is 6.07 Å². The molecule has 8 rings (SSSR count). The topological polar surface area (TPSA) is 72.7 Å². The SMILES string of the molecule is N#C[C@@]12[C@@H]3[C@H]4[C@H]5[C@@H]4[C@@H]1n1c(=O)n(-c4ccccc4)c(=O)n1[C@H]5[C@H]32. The van der Waals surface area contributed by atoms with Crippen molar-refractivity contribution in [3.05, 3.63) is 51.3 Å². The molecule has 2 bridgehead atoms. The lowest BCUT2D eigenvalue weighted by Gasteiger charge is -2.39. The number of rotatable bonds is 1. The van der Waals surface area contributed by atoms with E-state index >= 15 is 0 Å². The van der Waals surface area contributed by atoms with Gasteiger partial charge < -0.3 is 0 Å². The second kappa shape index (κ2) is 2.82. The molecule has 8 atom stereocenters. The van der Waals surface area contributed by atoms with Crippen LogP contribution in [0.1, 0.15) is 12.1 Å². The van der Waals surface area contributed by atoms with Crippen molar-refractivity contribution in [1.82, 2.24) is 13.9 Å². The predicted molar refractivity (Wildman–Crippen MR) is 77.9 cm³/mol. The molecule has 6 heteroatoms. The van der Waals surface area contributed by atoms with Gasteiger partial charge in [-0.1, -0.05) is 18.2 Å². The largest absolute Gasteiger partial charge is 0.352 e. The van der Waals surface area contributed by atoms with Crippen LogP contribution in [-0.4, -0.2) is 13.9 Å². The Labute approximate surface area is 130 Å². The van der Waals surface area contributed by atoms with Crippen LogP contribution >= 0.6 is 0 Å². The summed E-state index contributed by atoms with van der Waals surface area (Å²) >= 11 is 0. The van der Waals surface area contributed by atoms with Crippen molar-refractivity contribution in [2.75, 3.05) is 0 Å². The van der Waals surface area contributed by atoms with Gasteiger partial charge in [0.2, 0.25) is 0 Å². The minimum atomic E-state index is -0.353. The molecule has 6 aliphatic rings. The average Bonchev–Trinajstić information content (AvgIpc) is 3.36. The van der Waals surface area contributed by atoms with Crippen LogP contribution in [0.3, 0.4) is 0 Å². The molecular weight excluding hydrogens is 292 g/mol. The quantitative estimate of drug-likeness (QED) is 0.772. The smallest absolute Gasteiger partial charge is 0.245 e. The van der Waals surface area contributed by atoms with Gasteiger partial charge in [0.05, 0.1) is 29.3 Å². The summed E-state index contributed by atoms with van der Waals surface area (Å²) in [6.45, 7) is 0. The van der Waals surface area contributed by atoms with Gasteiger partial charge in [-0.05, 0) is 35.8 Å². The molecule has 0 saturated heterocycles. The Balaban J connectivity index is 1.58. The van der Waals surface area contributed by atoms with E-state index in [9.17, 15) is 14.9 Å². The number of benzene rings is 1. The number of para-hydroxylation sites is 1. The summed E-state index contributed by atoms with van der Waals surface area (Å²) in [6, 6.07) is 11.6. The Kier molecular flexibility index (Phi) is 1.36. The first kappa shape index (κ1) is 11.1. The second-order valence-electron chi connectivity index (χ2n) is 7.69. The molecule has 1 aromatic heterocycles. The van der Waals surface area contributed by atoms with Crippen LogP contribution in [0.5, 0.6) is 0 Å². The number of hydrogen-bond acceptors (Lipinski definition) is 3. The van der Waals surface area contributed by atoms with Crippen molar-refractivity contribution < 1.29 is 0 Å². The number of hydrogen-bond donors (Lipinski definition) is 0. The van der Waals surface area contributed by atoms with Gasteiger partial charge in [0.15, 0.2) is 0 Å². The zero-order valence-electron chi connectivity index (χ0n) is 12.0. The summed E-state index contributed by atoms with van der Waals surface area (Å²) in [7, 11) is 0. The fourth-order valence-corrected chi connectivity index (χ4v) is 6.90. The van der Waals surface area contributed by atoms with Crippen molar-refractivity contribution >= 4 is 0 Å². The Morgan fingerprint density at radius 3 is 2.43 bits per heavy atom. The number of nitrogens with zero attached hydrogens (tertiary/aromatic N) is 4. The third-order valence-electron chi connectivity index (χ3n) is 7.36. The van der Waals surface area contributed by atoms with Gasteiger partial charge in [-0.2, -0.15) is 5.26 Å². The molecule has 6 nitrogen and oxygen atoms in total. The maximum absolute atomic E-state index is 13.0. The average molecular weight is 304 g/mol. The Morgan fingerprint density at radius 1 is 0.957 bits per heavy atom. The number of aromatic nitrogens is 3. The zero-order valence-corrected chi connectivity index (χ0v) is 12.0. The second-order valence-corrected chi connectivity index (χ2v) is 7.69. The van der Waals surface area contributed by atoms with Crippen molar-refractivity contribution in [3.8, 4) is 11.8 Å². The lowest BCUT2D eigenvalue weighted by molar-refractivity contribution is 0.0819. The fourth-order valence-electron chi connectivity index (χ4n) is 6.90. The van der Waals surface area contributed by atoms with E-state index in [1.165, 1.54) is 4.57 Å². The summed E-state index contributed by atoms with van der Waals surface area (Å²) in [5.41, 5.74) is -0.259. The summed E-state index contributed by atoms with van der Waals surface area (Å²) in [5.74, 6) is 2.33. The van der Waals surface area contributed by atoms with E-state index in [0.717, 1.165) is 0 Å². The monoisotopic (exact) mass is 304 g/mol. The summed E-state index contributed by atoms with van der Waals surface area (Å²) in [5, 5.41) is 9.77. The van der Waals surface area contributed by atoms with Crippen LogP contribution in [-0.2, 0) is 0 Å². The molecule has 0 unspecified atom stereocenters. The van der Waals surface area contributed by atoms with Crippen molar-refractivity contribution in [2.45, 2.75) is 12.1 Å². The van der Waals surface area contributed by atoms with E-state index in [0.29, 0.717) is 35.3 Å². The van der Waals surface area contributed by atoms with Gasteiger partial charge in [-0.15, -0.1) is 0 Å².